The topological polar surface area (TPSA) is 62.6 Å². The normalized spacial score (nSPS) is 21.6. The molecule has 1 aliphatic heterocycles. The van der Waals surface area contributed by atoms with Crippen LogP contribution in [0.2, 0.25) is 0 Å². The molecule has 20 heavy (non-hydrogen) atoms. The lowest BCUT2D eigenvalue weighted by Crippen LogP contribution is -2.31. The van der Waals surface area contributed by atoms with E-state index in [2.05, 4.69) is 17.1 Å². The third-order valence-corrected chi connectivity index (χ3v) is 5.45. The number of nitrogens with zero attached hydrogens (tertiary/aromatic N) is 1. The Morgan fingerprint density at radius 1 is 1.50 bits per heavy atom. The van der Waals surface area contributed by atoms with Crippen molar-refractivity contribution < 1.29 is 12.8 Å². The molecule has 1 aromatic rings. The molecular weight excluding hydrogens is 276 g/mol. The number of nitrogens with one attached hydrogen (secondary N) is 1. The van der Waals surface area contributed by atoms with Gasteiger partial charge in [-0.05, 0) is 32.5 Å². The van der Waals surface area contributed by atoms with Crippen molar-refractivity contribution in [3.05, 3.63) is 23.7 Å². The van der Waals surface area contributed by atoms with Crippen molar-refractivity contribution >= 4 is 9.84 Å². The quantitative estimate of drug-likeness (QED) is 0.771. The molecule has 114 valence electrons. The first-order valence-corrected chi connectivity index (χ1v) is 9.00. The van der Waals surface area contributed by atoms with Gasteiger partial charge in [0.25, 0.3) is 0 Å². The minimum absolute atomic E-state index is 0.117. The van der Waals surface area contributed by atoms with Crippen LogP contribution in [0.1, 0.15) is 31.1 Å². The molecule has 1 aromatic heterocycles. The number of furan rings is 1. The van der Waals surface area contributed by atoms with Gasteiger partial charge in [0, 0.05) is 18.2 Å². The highest BCUT2D eigenvalue weighted by atomic mass is 32.2. The predicted octanol–water partition coefficient (Wildman–Crippen LogP) is 1.40. The Balaban J connectivity index is 1.84. The Labute approximate surface area is 121 Å². The largest absolute Gasteiger partial charge is 0.468 e. The molecule has 0 aliphatic carbocycles. The van der Waals surface area contributed by atoms with Gasteiger partial charge in [0.15, 0.2) is 9.84 Å². The fraction of sp³-hybridized carbons (Fsp3) is 0.714. The van der Waals surface area contributed by atoms with E-state index in [4.69, 9.17) is 4.42 Å². The average Bonchev–Trinajstić information content (AvgIpc) is 2.96. The average molecular weight is 300 g/mol. The Morgan fingerprint density at radius 2 is 2.30 bits per heavy atom. The number of hydrogen-bond acceptors (Lipinski definition) is 5. The minimum Gasteiger partial charge on any atom is -0.468 e. The lowest BCUT2D eigenvalue weighted by molar-refractivity contribution is 0.234. The maximum atomic E-state index is 11.5. The second-order valence-corrected chi connectivity index (χ2v) is 7.80. The summed E-state index contributed by atoms with van der Waals surface area (Å²) < 4.78 is 28.5. The molecule has 1 saturated heterocycles. The van der Waals surface area contributed by atoms with Crippen LogP contribution in [0.5, 0.6) is 0 Å². The minimum atomic E-state index is -2.82. The molecule has 1 unspecified atom stereocenters. The Hall–Kier alpha value is -0.850. The number of rotatable bonds is 7. The van der Waals surface area contributed by atoms with Gasteiger partial charge in [-0.3, -0.25) is 4.90 Å². The zero-order valence-electron chi connectivity index (χ0n) is 12.3. The zero-order valence-corrected chi connectivity index (χ0v) is 13.1. The van der Waals surface area contributed by atoms with Gasteiger partial charge in [0.05, 0.1) is 24.3 Å². The summed E-state index contributed by atoms with van der Waals surface area (Å²) in [6.07, 6.45) is 3.62. The molecule has 0 amide bonds. The second-order valence-electron chi connectivity index (χ2n) is 5.57. The van der Waals surface area contributed by atoms with Crippen LogP contribution in [0.3, 0.4) is 0 Å². The summed E-state index contributed by atoms with van der Waals surface area (Å²) in [6, 6.07) is 2.16. The van der Waals surface area contributed by atoms with Crippen molar-refractivity contribution in [2.75, 3.05) is 25.1 Å². The fourth-order valence-corrected chi connectivity index (χ4v) is 4.31. The Morgan fingerprint density at radius 3 is 2.95 bits per heavy atom. The van der Waals surface area contributed by atoms with E-state index in [-0.39, 0.29) is 11.8 Å². The van der Waals surface area contributed by atoms with Crippen LogP contribution in [0.25, 0.3) is 0 Å². The molecule has 0 aromatic carbocycles. The summed E-state index contributed by atoms with van der Waals surface area (Å²) in [4.78, 5) is 2.08. The van der Waals surface area contributed by atoms with Gasteiger partial charge >= 0.3 is 0 Å². The van der Waals surface area contributed by atoms with E-state index in [0.717, 1.165) is 37.3 Å². The molecule has 1 aliphatic rings. The van der Waals surface area contributed by atoms with Crippen LogP contribution in [0, 0.1) is 0 Å². The summed E-state index contributed by atoms with van der Waals surface area (Å²) in [7, 11) is -0.863. The highest BCUT2D eigenvalue weighted by Crippen LogP contribution is 2.19. The molecule has 1 atom stereocenters. The third kappa shape index (κ3) is 4.33. The molecule has 0 spiro atoms. The van der Waals surface area contributed by atoms with Gasteiger partial charge in [0.2, 0.25) is 0 Å². The second kappa shape index (κ2) is 6.74. The van der Waals surface area contributed by atoms with Crippen molar-refractivity contribution in [3.8, 4) is 0 Å². The van der Waals surface area contributed by atoms with E-state index in [1.807, 2.05) is 13.1 Å². The van der Waals surface area contributed by atoms with E-state index >= 15 is 0 Å². The number of hydrogen-bond donors (Lipinski definition) is 1. The van der Waals surface area contributed by atoms with E-state index in [0.29, 0.717) is 12.3 Å². The fourth-order valence-electron chi connectivity index (χ4n) is 2.51. The van der Waals surface area contributed by atoms with Crippen LogP contribution in [-0.2, 0) is 22.9 Å². The van der Waals surface area contributed by atoms with Crippen LogP contribution < -0.4 is 5.32 Å². The van der Waals surface area contributed by atoms with Crippen molar-refractivity contribution in [1.82, 2.24) is 10.2 Å². The van der Waals surface area contributed by atoms with Gasteiger partial charge < -0.3 is 9.73 Å². The van der Waals surface area contributed by atoms with Crippen LogP contribution in [-0.4, -0.2) is 44.5 Å². The summed E-state index contributed by atoms with van der Waals surface area (Å²) in [5.41, 5.74) is 1.14. The standard InChI is InChI=1S/C14H24N2O3S/c1-3-5-15-8-12-7-14(19-10-12)9-16(2)13-4-6-20(17,18)11-13/h7,10,13,15H,3-6,8-9,11H2,1-2H3. The molecule has 6 heteroatoms. The highest BCUT2D eigenvalue weighted by Gasteiger charge is 2.30. The van der Waals surface area contributed by atoms with Gasteiger partial charge in [-0.1, -0.05) is 6.92 Å². The van der Waals surface area contributed by atoms with E-state index < -0.39 is 9.84 Å². The molecule has 1 fully saturated rings. The maximum absolute atomic E-state index is 11.5. The highest BCUT2D eigenvalue weighted by molar-refractivity contribution is 7.91. The Kier molecular flexibility index (Phi) is 5.23. The summed E-state index contributed by atoms with van der Waals surface area (Å²) in [5.74, 6) is 1.48. The van der Waals surface area contributed by atoms with Gasteiger partial charge in [-0.15, -0.1) is 0 Å². The molecule has 0 radical (unpaired) electrons. The first-order valence-electron chi connectivity index (χ1n) is 7.18. The molecule has 5 nitrogen and oxygen atoms in total. The lowest BCUT2D eigenvalue weighted by atomic mass is 10.2. The van der Waals surface area contributed by atoms with Crippen LogP contribution in [0.4, 0.5) is 0 Å². The first kappa shape index (κ1) is 15.5. The third-order valence-electron chi connectivity index (χ3n) is 3.70. The first-order chi connectivity index (χ1) is 9.50. The number of sulfone groups is 1. The van der Waals surface area contributed by atoms with E-state index in [1.54, 1.807) is 6.26 Å². The zero-order chi connectivity index (χ0) is 14.6. The van der Waals surface area contributed by atoms with E-state index in [9.17, 15) is 8.42 Å². The van der Waals surface area contributed by atoms with Crippen LogP contribution >= 0.6 is 0 Å². The predicted molar refractivity (Wildman–Crippen MR) is 79.2 cm³/mol. The van der Waals surface area contributed by atoms with Crippen molar-refractivity contribution in [3.63, 3.8) is 0 Å². The van der Waals surface area contributed by atoms with Crippen LogP contribution in [0.15, 0.2) is 16.7 Å². The summed E-state index contributed by atoms with van der Waals surface area (Å²) in [5, 5.41) is 3.33. The molecule has 0 bridgehead atoms. The summed E-state index contributed by atoms with van der Waals surface area (Å²) >= 11 is 0. The van der Waals surface area contributed by atoms with Crippen molar-refractivity contribution in [2.45, 2.75) is 38.9 Å². The monoisotopic (exact) mass is 300 g/mol. The van der Waals surface area contributed by atoms with Gasteiger partial charge in [0.1, 0.15) is 5.76 Å². The van der Waals surface area contributed by atoms with Gasteiger partial charge in [-0.2, -0.15) is 0 Å². The van der Waals surface area contributed by atoms with Crippen molar-refractivity contribution in [1.29, 1.82) is 0 Å². The molecule has 1 N–H and O–H groups in total. The molecular formula is C14H24N2O3S. The maximum Gasteiger partial charge on any atom is 0.151 e. The Bertz CT molecular complexity index is 524. The van der Waals surface area contributed by atoms with E-state index in [1.165, 1.54) is 0 Å². The smallest absolute Gasteiger partial charge is 0.151 e. The SMILES string of the molecule is CCCNCc1coc(CN(C)C2CCS(=O)(=O)C2)c1. The van der Waals surface area contributed by atoms with Gasteiger partial charge in [-0.25, -0.2) is 8.42 Å². The lowest BCUT2D eigenvalue weighted by Gasteiger charge is -2.21. The molecule has 0 saturated carbocycles. The van der Waals surface area contributed by atoms with Crippen molar-refractivity contribution in [2.24, 2.45) is 0 Å². The summed E-state index contributed by atoms with van der Waals surface area (Å²) in [6.45, 7) is 4.62. The molecule has 2 heterocycles. The molecule has 2 rings (SSSR count).